The molecule has 0 atom stereocenters. The lowest BCUT2D eigenvalue weighted by Crippen LogP contribution is -2.06. The third-order valence-corrected chi connectivity index (χ3v) is 3.62. The number of carbonyl (C=O) groups excluding carboxylic acids is 1. The largest absolute Gasteiger partial charge is 0.496 e. The molecule has 1 rings (SSSR count). The van der Waals surface area contributed by atoms with Crippen molar-refractivity contribution < 1.29 is 19.0 Å². The van der Waals surface area contributed by atoms with Crippen molar-refractivity contribution in [3.63, 3.8) is 0 Å². The van der Waals surface area contributed by atoms with Crippen LogP contribution in [0.5, 0.6) is 11.5 Å². The monoisotopic (exact) mass is 300 g/mol. The molecule has 0 radical (unpaired) electrons. The predicted molar refractivity (Wildman–Crippen MR) is 79.3 cm³/mol. The van der Waals surface area contributed by atoms with Crippen LogP contribution in [0.2, 0.25) is 0 Å². The van der Waals surface area contributed by atoms with Crippen LogP contribution in [0.25, 0.3) is 0 Å². The molecule has 20 heavy (non-hydrogen) atoms. The molecule has 5 heteroatoms. The van der Waals surface area contributed by atoms with Crippen molar-refractivity contribution in [2.24, 2.45) is 0 Å². The van der Waals surface area contributed by atoms with Gasteiger partial charge in [0.05, 0.1) is 20.8 Å². The Morgan fingerprint density at radius 1 is 1.00 bits per heavy atom. The lowest BCUT2D eigenvalue weighted by Gasteiger charge is -2.20. The standard InChI is InChI=1S/C15H21ClO4/c1-9-10(2)14(19-5)12(11(3)13(9)18-4)7-6-8-20-15(16)17/h6-8H2,1-5H3. The first-order valence-electron chi connectivity index (χ1n) is 6.46. The van der Waals surface area contributed by atoms with Gasteiger partial charge in [-0.25, -0.2) is 4.79 Å². The van der Waals surface area contributed by atoms with Crippen molar-refractivity contribution in [1.29, 1.82) is 0 Å². The topological polar surface area (TPSA) is 44.8 Å². The van der Waals surface area contributed by atoms with E-state index in [0.29, 0.717) is 13.0 Å². The van der Waals surface area contributed by atoms with Crippen LogP contribution in [-0.4, -0.2) is 26.3 Å². The molecule has 1 aromatic carbocycles. The zero-order valence-electron chi connectivity index (χ0n) is 12.6. The molecule has 0 aliphatic carbocycles. The first-order valence-corrected chi connectivity index (χ1v) is 6.84. The average Bonchev–Trinajstić information content (AvgIpc) is 2.40. The lowest BCUT2D eigenvalue weighted by atomic mass is 9.94. The van der Waals surface area contributed by atoms with E-state index in [4.69, 9.17) is 25.8 Å². The van der Waals surface area contributed by atoms with Crippen LogP contribution in [-0.2, 0) is 11.2 Å². The van der Waals surface area contributed by atoms with E-state index in [9.17, 15) is 4.79 Å². The summed E-state index contributed by atoms with van der Waals surface area (Å²) < 4.78 is 15.7. The Morgan fingerprint density at radius 3 is 2.05 bits per heavy atom. The molecular formula is C15H21ClO4. The smallest absolute Gasteiger partial charge is 0.403 e. The molecule has 0 spiro atoms. The van der Waals surface area contributed by atoms with Crippen LogP contribution in [0.15, 0.2) is 0 Å². The van der Waals surface area contributed by atoms with Crippen molar-refractivity contribution in [3.8, 4) is 11.5 Å². The number of rotatable bonds is 6. The fourth-order valence-electron chi connectivity index (χ4n) is 2.44. The summed E-state index contributed by atoms with van der Waals surface area (Å²) in [5.41, 5.74) is 3.52. The highest BCUT2D eigenvalue weighted by atomic mass is 35.5. The van der Waals surface area contributed by atoms with Gasteiger partial charge in [0, 0.05) is 17.2 Å². The van der Waals surface area contributed by atoms with E-state index in [1.165, 1.54) is 0 Å². The Labute approximate surface area is 125 Å². The van der Waals surface area contributed by atoms with Crippen molar-refractivity contribution in [1.82, 2.24) is 0 Å². The number of carbonyl (C=O) groups is 1. The van der Waals surface area contributed by atoms with Crippen LogP contribution < -0.4 is 9.47 Å². The van der Waals surface area contributed by atoms with E-state index >= 15 is 0 Å². The maximum absolute atomic E-state index is 10.5. The fourth-order valence-corrected chi connectivity index (χ4v) is 2.52. The molecule has 0 aliphatic heterocycles. The fraction of sp³-hybridized carbons (Fsp3) is 0.533. The SMILES string of the molecule is COc1c(C)c(C)c(OC)c(CCCOC(=O)Cl)c1C. The van der Waals surface area contributed by atoms with E-state index in [2.05, 4.69) is 0 Å². The summed E-state index contributed by atoms with van der Waals surface area (Å²) in [5, 5.41) is 0. The summed E-state index contributed by atoms with van der Waals surface area (Å²) in [4.78, 5) is 10.5. The Morgan fingerprint density at radius 2 is 1.55 bits per heavy atom. The van der Waals surface area contributed by atoms with Crippen molar-refractivity contribution >= 4 is 17.0 Å². The molecule has 112 valence electrons. The Balaban J connectivity index is 3.04. The van der Waals surface area contributed by atoms with Crippen molar-refractivity contribution in [2.45, 2.75) is 33.6 Å². The van der Waals surface area contributed by atoms with Gasteiger partial charge in [-0.2, -0.15) is 0 Å². The highest BCUT2D eigenvalue weighted by Crippen LogP contribution is 2.38. The van der Waals surface area contributed by atoms with Crippen LogP contribution in [0.3, 0.4) is 0 Å². The molecule has 0 heterocycles. The third kappa shape index (κ3) is 3.57. The molecular weight excluding hydrogens is 280 g/mol. The molecule has 0 unspecified atom stereocenters. The molecule has 0 fully saturated rings. The Bertz CT molecular complexity index is 497. The second-order valence-electron chi connectivity index (χ2n) is 4.61. The van der Waals surface area contributed by atoms with Gasteiger partial charge in [-0.05, 0) is 50.3 Å². The first-order chi connectivity index (χ1) is 9.43. The molecule has 0 aromatic heterocycles. The number of benzene rings is 1. The van der Waals surface area contributed by atoms with Gasteiger partial charge in [-0.15, -0.1) is 0 Å². The zero-order chi connectivity index (χ0) is 15.3. The Kier molecular flexibility index (Phi) is 6.14. The summed E-state index contributed by atoms with van der Waals surface area (Å²) in [6, 6.07) is 0. The summed E-state index contributed by atoms with van der Waals surface area (Å²) in [6.07, 6.45) is 1.41. The molecule has 0 amide bonds. The van der Waals surface area contributed by atoms with E-state index in [1.54, 1.807) is 14.2 Å². The van der Waals surface area contributed by atoms with Crippen LogP contribution in [0.1, 0.15) is 28.7 Å². The van der Waals surface area contributed by atoms with Gasteiger partial charge in [-0.1, -0.05) is 0 Å². The maximum atomic E-state index is 10.5. The lowest BCUT2D eigenvalue weighted by molar-refractivity contribution is 0.172. The predicted octanol–water partition coefficient (Wildman–Crippen LogP) is 3.94. The van der Waals surface area contributed by atoms with Gasteiger partial charge in [0.15, 0.2) is 0 Å². The van der Waals surface area contributed by atoms with Gasteiger partial charge >= 0.3 is 5.43 Å². The number of hydrogen-bond acceptors (Lipinski definition) is 4. The van der Waals surface area contributed by atoms with Gasteiger partial charge in [0.25, 0.3) is 0 Å². The number of halogens is 1. The summed E-state index contributed by atoms with van der Waals surface area (Å²) in [6.45, 7) is 6.33. The molecule has 0 saturated heterocycles. The highest BCUT2D eigenvalue weighted by molar-refractivity contribution is 6.61. The molecule has 0 bridgehead atoms. The molecule has 1 aromatic rings. The maximum Gasteiger partial charge on any atom is 0.403 e. The van der Waals surface area contributed by atoms with Crippen molar-refractivity contribution in [3.05, 3.63) is 22.3 Å². The molecule has 0 aliphatic rings. The van der Waals surface area contributed by atoms with E-state index in [1.807, 2.05) is 20.8 Å². The van der Waals surface area contributed by atoms with Gasteiger partial charge in [-0.3, -0.25) is 0 Å². The second kappa shape index (κ2) is 7.39. The van der Waals surface area contributed by atoms with E-state index in [-0.39, 0.29) is 0 Å². The zero-order valence-corrected chi connectivity index (χ0v) is 13.4. The minimum Gasteiger partial charge on any atom is -0.496 e. The van der Waals surface area contributed by atoms with Gasteiger partial charge in [0.1, 0.15) is 11.5 Å². The van der Waals surface area contributed by atoms with E-state index < -0.39 is 5.43 Å². The normalized spacial score (nSPS) is 10.3. The van der Waals surface area contributed by atoms with Crippen LogP contribution >= 0.6 is 11.6 Å². The van der Waals surface area contributed by atoms with Crippen molar-refractivity contribution in [2.75, 3.05) is 20.8 Å². The number of hydrogen-bond donors (Lipinski definition) is 0. The van der Waals surface area contributed by atoms with Gasteiger partial charge < -0.3 is 14.2 Å². The third-order valence-electron chi connectivity index (χ3n) is 3.51. The highest BCUT2D eigenvalue weighted by Gasteiger charge is 2.18. The molecule has 0 N–H and O–H groups in total. The minimum atomic E-state index is -0.772. The summed E-state index contributed by atoms with van der Waals surface area (Å²) >= 11 is 5.14. The summed E-state index contributed by atoms with van der Waals surface area (Å²) in [7, 11) is 3.33. The minimum absolute atomic E-state index is 0.292. The number of ether oxygens (including phenoxy) is 3. The number of methoxy groups -OCH3 is 2. The van der Waals surface area contributed by atoms with Gasteiger partial charge in [0.2, 0.25) is 0 Å². The quantitative estimate of drug-likeness (QED) is 0.590. The molecule has 4 nitrogen and oxygen atoms in total. The molecule has 0 saturated carbocycles. The van der Waals surface area contributed by atoms with Crippen LogP contribution in [0.4, 0.5) is 4.79 Å². The summed E-state index contributed by atoms with van der Waals surface area (Å²) in [5.74, 6) is 1.76. The Hall–Kier alpha value is -1.42. The van der Waals surface area contributed by atoms with E-state index in [0.717, 1.165) is 40.2 Å². The first kappa shape index (κ1) is 16.6. The average molecular weight is 301 g/mol. The second-order valence-corrected chi connectivity index (χ2v) is 4.92. The van der Waals surface area contributed by atoms with Crippen LogP contribution in [0, 0.1) is 20.8 Å².